The number of rotatable bonds is 4. The van der Waals surface area contributed by atoms with Crippen molar-refractivity contribution in [3.05, 3.63) is 39.4 Å². The number of carbonyl (C=O) groups is 1. The highest BCUT2D eigenvalue weighted by atomic mass is 16.6. The molecule has 1 saturated carbocycles. The van der Waals surface area contributed by atoms with Crippen molar-refractivity contribution in [3.8, 4) is 0 Å². The van der Waals surface area contributed by atoms with E-state index in [4.69, 9.17) is 0 Å². The Kier molecular flexibility index (Phi) is 3.53. The van der Waals surface area contributed by atoms with Crippen molar-refractivity contribution in [2.45, 2.75) is 31.8 Å². The normalized spacial score (nSPS) is 16.5. The first-order valence-corrected chi connectivity index (χ1v) is 6.17. The van der Waals surface area contributed by atoms with Gasteiger partial charge in [-0.3, -0.25) is 14.9 Å². The number of nitrogens with zero attached hydrogens (tertiary/aromatic N) is 1. The van der Waals surface area contributed by atoms with Crippen LogP contribution in [0.15, 0.2) is 18.2 Å². The molecule has 1 amide bonds. The SMILES string of the molecule is Cc1c(C(=O)NCC2(O)CCC2)cccc1[N+](=O)[O-]. The fraction of sp³-hybridized carbons (Fsp3) is 0.462. The van der Waals surface area contributed by atoms with E-state index in [0.717, 1.165) is 6.42 Å². The van der Waals surface area contributed by atoms with Crippen LogP contribution in [0.25, 0.3) is 0 Å². The number of carbonyl (C=O) groups excluding carboxylic acids is 1. The number of aliphatic hydroxyl groups is 1. The molecule has 1 aromatic carbocycles. The Balaban J connectivity index is 2.10. The number of nitrogens with one attached hydrogen (secondary N) is 1. The van der Waals surface area contributed by atoms with Crippen molar-refractivity contribution >= 4 is 11.6 Å². The Morgan fingerprint density at radius 2 is 2.21 bits per heavy atom. The Labute approximate surface area is 110 Å². The van der Waals surface area contributed by atoms with Gasteiger partial charge in [-0.1, -0.05) is 6.07 Å². The molecule has 0 bridgehead atoms. The molecule has 6 nitrogen and oxygen atoms in total. The van der Waals surface area contributed by atoms with Crippen LogP contribution in [0.5, 0.6) is 0 Å². The average molecular weight is 264 g/mol. The third-order valence-corrected chi connectivity index (χ3v) is 3.61. The van der Waals surface area contributed by atoms with E-state index in [0.29, 0.717) is 18.4 Å². The molecule has 0 aromatic heterocycles. The summed E-state index contributed by atoms with van der Waals surface area (Å²) in [5.74, 6) is -0.387. The lowest BCUT2D eigenvalue weighted by Gasteiger charge is -2.36. The Morgan fingerprint density at radius 1 is 1.53 bits per heavy atom. The van der Waals surface area contributed by atoms with Crippen molar-refractivity contribution in [2.75, 3.05) is 6.54 Å². The van der Waals surface area contributed by atoms with Crippen molar-refractivity contribution in [1.29, 1.82) is 0 Å². The second kappa shape index (κ2) is 4.97. The number of benzene rings is 1. The van der Waals surface area contributed by atoms with Crippen molar-refractivity contribution < 1.29 is 14.8 Å². The van der Waals surface area contributed by atoms with E-state index in [1.165, 1.54) is 12.1 Å². The summed E-state index contributed by atoms with van der Waals surface area (Å²) in [5.41, 5.74) is -0.262. The molecule has 0 unspecified atom stereocenters. The molecule has 0 spiro atoms. The first-order valence-electron chi connectivity index (χ1n) is 6.17. The van der Waals surface area contributed by atoms with E-state index >= 15 is 0 Å². The van der Waals surface area contributed by atoms with Crippen LogP contribution in [0.1, 0.15) is 35.2 Å². The highest BCUT2D eigenvalue weighted by Crippen LogP contribution is 2.30. The zero-order chi connectivity index (χ0) is 14.0. The van der Waals surface area contributed by atoms with Gasteiger partial charge in [0.15, 0.2) is 0 Å². The molecule has 1 aromatic rings. The summed E-state index contributed by atoms with van der Waals surface area (Å²) < 4.78 is 0. The third kappa shape index (κ3) is 2.73. The van der Waals surface area contributed by atoms with Gasteiger partial charge in [0.05, 0.1) is 10.5 Å². The number of hydrogen-bond donors (Lipinski definition) is 2. The first-order chi connectivity index (χ1) is 8.93. The van der Waals surface area contributed by atoms with Crippen LogP contribution in [0, 0.1) is 17.0 Å². The molecule has 6 heteroatoms. The fourth-order valence-corrected chi connectivity index (χ4v) is 2.17. The summed E-state index contributed by atoms with van der Waals surface area (Å²) in [4.78, 5) is 22.3. The van der Waals surface area contributed by atoms with Gasteiger partial charge in [-0.15, -0.1) is 0 Å². The molecule has 0 radical (unpaired) electrons. The van der Waals surface area contributed by atoms with E-state index in [9.17, 15) is 20.0 Å². The molecule has 0 saturated heterocycles. The van der Waals surface area contributed by atoms with Crippen LogP contribution in [0.2, 0.25) is 0 Å². The molecule has 0 atom stereocenters. The maximum Gasteiger partial charge on any atom is 0.273 e. The van der Waals surface area contributed by atoms with E-state index < -0.39 is 10.5 Å². The summed E-state index contributed by atoms with van der Waals surface area (Å²) in [5, 5.41) is 23.3. The van der Waals surface area contributed by atoms with Gasteiger partial charge in [-0.05, 0) is 32.3 Å². The van der Waals surface area contributed by atoms with Crippen LogP contribution >= 0.6 is 0 Å². The predicted molar refractivity (Wildman–Crippen MR) is 69.0 cm³/mol. The highest BCUT2D eigenvalue weighted by Gasteiger charge is 2.34. The largest absolute Gasteiger partial charge is 0.388 e. The van der Waals surface area contributed by atoms with Gasteiger partial charge in [0.25, 0.3) is 11.6 Å². The van der Waals surface area contributed by atoms with E-state index in [1.807, 2.05) is 0 Å². The molecule has 2 rings (SSSR count). The van der Waals surface area contributed by atoms with Crippen molar-refractivity contribution in [2.24, 2.45) is 0 Å². The fourth-order valence-electron chi connectivity index (χ4n) is 2.17. The predicted octanol–water partition coefficient (Wildman–Crippen LogP) is 1.55. The minimum atomic E-state index is -0.801. The van der Waals surface area contributed by atoms with E-state index in [1.54, 1.807) is 13.0 Å². The summed E-state index contributed by atoms with van der Waals surface area (Å²) in [6.07, 6.45) is 2.32. The minimum Gasteiger partial charge on any atom is -0.388 e. The minimum absolute atomic E-state index is 0.0741. The summed E-state index contributed by atoms with van der Waals surface area (Å²) >= 11 is 0. The molecule has 19 heavy (non-hydrogen) atoms. The van der Waals surface area contributed by atoms with Gasteiger partial charge in [0, 0.05) is 23.7 Å². The maximum absolute atomic E-state index is 12.0. The van der Waals surface area contributed by atoms with E-state index in [2.05, 4.69) is 5.32 Å². The molecule has 1 aliphatic rings. The van der Waals surface area contributed by atoms with Gasteiger partial charge in [0.1, 0.15) is 0 Å². The van der Waals surface area contributed by atoms with Crippen LogP contribution < -0.4 is 5.32 Å². The summed E-state index contributed by atoms with van der Waals surface area (Å²) in [7, 11) is 0. The van der Waals surface area contributed by atoms with Crippen LogP contribution in [-0.2, 0) is 0 Å². The van der Waals surface area contributed by atoms with Gasteiger partial charge in [-0.25, -0.2) is 0 Å². The quantitative estimate of drug-likeness (QED) is 0.637. The molecular weight excluding hydrogens is 248 g/mol. The zero-order valence-corrected chi connectivity index (χ0v) is 10.7. The second-order valence-corrected chi connectivity index (χ2v) is 4.97. The highest BCUT2D eigenvalue weighted by molar-refractivity contribution is 5.96. The zero-order valence-electron chi connectivity index (χ0n) is 10.7. The van der Waals surface area contributed by atoms with E-state index in [-0.39, 0.29) is 23.7 Å². The molecule has 2 N–H and O–H groups in total. The third-order valence-electron chi connectivity index (χ3n) is 3.61. The lowest BCUT2D eigenvalue weighted by atomic mass is 9.80. The topological polar surface area (TPSA) is 92.5 Å². The molecule has 0 heterocycles. The van der Waals surface area contributed by atoms with Gasteiger partial charge >= 0.3 is 0 Å². The maximum atomic E-state index is 12.0. The standard InChI is InChI=1S/C13H16N2O4/c1-9-10(4-2-5-11(9)15(18)19)12(16)14-8-13(17)6-3-7-13/h2,4-5,17H,3,6-8H2,1H3,(H,14,16). The van der Waals surface area contributed by atoms with Gasteiger partial charge in [0.2, 0.25) is 0 Å². The number of hydrogen-bond acceptors (Lipinski definition) is 4. The van der Waals surface area contributed by atoms with Crippen LogP contribution in [0.3, 0.4) is 0 Å². The van der Waals surface area contributed by atoms with Gasteiger partial charge in [-0.2, -0.15) is 0 Å². The molecule has 0 aliphatic heterocycles. The Bertz CT molecular complexity index is 523. The smallest absolute Gasteiger partial charge is 0.273 e. The summed E-state index contributed by atoms with van der Waals surface area (Å²) in [6.45, 7) is 1.74. The molecular formula is C13H16N2O4. The van der Waals surface area contributed by atoms with Crippen molar-refractivity contribution in [3.63, 3.8) is 0 Å². The summed E-state index contributed by atoms with van der Waals surface area (Å²) in [6, 6.07) is 4.40. The van der Waals surface area contributed by atoms with Crippen LogP contribution in [-0.4, -0.2) is 28.1 Å². The van der Waals surface area contributed by atoms with Gasteiger partial charge < -0.3 is 10.4 Å². The molecule has 102 valence electrons. The first kappa shape index (κ1) is 13.5. The van der Waals surface area contributed by atoms with Crippen molar-refractivity contribution in [1.82, 2.24) is 5.32 Å². The second-order valence-electron chi connectivity index (χ2n) is 4.97. The Hall–Kier alpha value is -1.95. The number of nitro groups is 1. The Morgan fingerprint density at radius 3 is 2.74 bits per heavy atom. The molecule has 1 fully saturated rings. The van der Waals surface area contributed by atoms with Crippen LogP contribution in [0.4, 0.5) is 5.69 Å². The lowest BCUT2D eigenvalue weighted by Crippen LogP contribution is -2.47. The lowest BCUT2D eigenvalue weighted by molar-refractivity contribution is -0.385. The monoisotopic (exact) mass is 264 g/mol. The number of amides is 1. The average Bonchev–Trinajstić information content (AvgIpc) is 2.33. The number of nitro benzene ring substituents is 1. The molecule has 1 aliphatic carbocycles.